The highest BCUT2D eigenvalue weighted by Crippen LogP contribution is 1.94. The lowest BCUT2D eigenvalue weighted by Gasteiger charge is -1.86. The summed E-state index contributed by atoms with van der Waals surface area (Å²) in [6.07, 6.45) is 3.57. The van der Waals surface area contributed by atoms with Crippen molar-refractivity contribution in [2.45, 2.75) is 27.2 Å². The minimum Gasteiger partial charge on any atom is -0.342 e. The molecule has 0 radical (unpaired) electrons. The van der Waals surface area contributed by atoms with E-state index in [-0.39, 0.29) is 5.78 Å². The van der Waals surface area contributed by atoms with Crippen LogP contribution in [0.3, 0.4) is 0 Å². The summed E-state index contributed by atoms with van der Waals surface area (Å²) in [7, 11) is 0. The predicted molar refractivity (Wildman–Crippen MR) is 44.6 cm³/mol. The fourth-order valence-corrected chi connectivity index (χ4v) is 0.599. The van der Waals surface area contributed by atoms with Gasteiger partial charge >= 0.3 is 0 Å². The maximum absolute atomic E-state index is 10.8. The van der Waals surface area contributed by atoms with Gasteiger partial charge < -0.3 is 4.98 Å². The second-order valence-electron chi connectivity index (χ2n) is 1.74. The van der Waals surface area contributed by atoms with Gasteiger partial charge in [-0.25, -0.2) is 4.98 Å². The summed E-state index contributed by atoms with van der Waals surface area (Å²) in [5.41, 5.74) is 0.595. The van der Waals surface area contributed by atoms with Crippen LogP contribution in [0, 0.1) is 0 Å². The molecule has 0 aliphatic carbocycles. The van der Waals surface area contributed by atoms with Gasteiger partial charge in [0.2, 0.25) is 0 Å². The number of hydrogen-bond acceptors (Lipinski definition) is 2. The molecule has 0 saturated carbocycles. The first-order valence-corrected chi connectivity index (χ1v) is 3.86. The lowest BCUT2D eigenvalue weighted by atomic mass is 10.2. The lowest BCUT2D eigenvalue weighted by molar-refractivity contribution is 0.0984. The molecule has 0 aliphatic heterocycles. The van der Waals surface area contributed by atoms with E-state index in [4.69, 9.17) is 0 Å². The van der Waals surface area contributed by atoms with E-state index in [1.807, 2.05) is 20.8 Å². The van der Waals surface area contributed by atoms with Crippen LogP contribution in [0.1, 0.15) is 37.7 Å². The molecule has 0 atom stereocenters. The van der Waals surface area contributed by atoms with Crippen LogP contribution in [0.15, 0.2) is 12.5 Å². The molecule has 1 N–H and O–H groups in total. The monoisotopic (exact) mass is 154 g/mol. The second-order valence-corrected chi connectivity index (χ2v) is 1.74. The first kappa shape index (κ1) is 9.88. The molecule has 1 aromatic rings. The number of aromatic nitrogens is 2. The Kier molecular flexibility index (Phi) is 5.07. The summed E-state index contributed by atoms with van der Waals surface area (Å²) in [6, 6.07) is 0. The molecule has 0 spiro atoms. The number of rotatable bonds is 2. The average molecular weight is 154 g/mol. The molecule has 0 unspecified atom stereocenters. The van der Waals surface area contributed by atoms with Crippen LogP contribution < -0.4 is 0 Å². The SMILES string of the molecule is CC.CCC(=O)c1cnc[nH]1. The standard InChI is InChI=1S/C6H8N2O.C2H6/c1-2-6(9)5-3-7-4-8-5;1-2/h3-4H,2H2,1H3,(H,7,8);1-2H3. The van der Waals surface area contributed by atoms with Crippen molar-refractivity contribution in [3.63, 3.8) is 0 Å². The second kappa shape index (κ2) is 5.65. The Hall–Kier alpha value is -1.12. The van der Waals surface area contributed by atoms with Gasteiger partial charge in [-0.1, -0.05) is 20.8 Å². The first-order chi connectivity index (χ1) is 5.34. The Morgan fingerprint density at radius 3 is 2.64 bits per heavy atom. The zero-order valence-electron chi connectivity index (χ0n) is 7.22. The molecule has 0 aromatic carbocycles. The summed E-state index contributed by atoms with van der Waals surface area (Å²) < 4.78 is 0. The van der Waals surface area contributed by atoms with E-state index in [0.29, 0.717) is 12.1 Å². The topological polar surface area (TPSA) is 45.8 Å². The van der Waals surface area contributed by atoms with E-state index >= 15 is 0 Å². The van der Waals surface area contributed by atoms with Crippen molar-refractivity contribution in [2.24, 2.45) is 0 Å². The van der Waals surface area contributed by atoms with Gasteiger partial charge in [-0.15, -0.1) is 0 Å². The molecule has 1 rings (SSSR count). The Bertz CT molecular complexity index is 192. The Labute approximate surface area is 66.9 Å². The smallest absolute Gasteiger partial charge is 0.180 e. The molecule has 0 aliphatic rings. The van der Waals surface area contributed by atoms with E-state index in [2.05, 4.69) is 9.97 Å². The number of nitrogens with zero attached hydrogens (tertiary/aromatic N) is 1. The van der Waals surface area contributed by atoms with Crippen LogP contribution in [0.5, 0.6) is 0 Å². The molecule has 3 heteroatoms. The highest BCUT2D eigenvalue weighted by Gasteiger charge is 2.01. The van der Waals surface area contributed by atoms with Crippen molar-refractivity contribution >= 4 is 5.78 Å². The predicted octanol–water partition coefficient (Wildman–Crippen LogP) is 2.03. The molecule has 1 heterocycles. The van der Waals surface area contributed by atoms with Crippen molar-refractivity contribution in [1.29, 1.82) is 0 Å². The third-order valence-electron chi connectivity index (χ3n) is 1.12. The molecular formula is C8H14N2O. The molecule has 1 aromatic heterocycles. The first-order valence-electron chi connectivity index (χ1n) is 3.86. The van der Waals surface area contributed by atoms with E-state index in [9.17, 15) is 4.79 Å². The number of nitrogens with one attached hydrogen (secondary N) is 1. The van der Waals surface area contributed by atoms with Crippen molar-refractivity contribution < 1.29 is 4.79 Å². The van der Waals surface area contributed by atoms with Crippen LogP contribution in [-0.2, 0) is 0 Å². The van der Waals surface area contributed by atoms with Gasteiger partial charge in [0.1, 0.15) is 5.69 Å². The summed E-state index contributed by atoms with van der Waals surface area (Å²) in [5.74, 6) is 0.104. The molecular weight excluding hydrogens is 140 g/mol. The average Bonchev–Trinajstić information content (AvgIpc) is 2.59. The van der Waals surface area contributed by atoms with E-state index in [1.165, 1.54) is 12.5 Å². The largest absolute Gasteiger partial charge is 0.342 e. The molecule has 62 valence electrons. The van der Waals surface area contributed by atoms with Crippen molar-refractivity contribution in [1.82, 2.24) is 9.97 Å². The summed E-state index contributed by atoms with van der Waals surface area (Å²) in [4.78, 5) is 17.2. The van der Waals surface area contributed by atoms with Crippen molar-refractivity contribution in [3.05, 3.63) is 18.2 Å². The van der Waals surface area contributed by atoms with Crippen molar-refractivity contribution in [3.8, 4) is 0 Å². The quantitative estimate of drug-likeness (QED) is 0.662. The van der Waals surface area contributed by atoms with Crippen LogP contribution >= 0.6 is 0 Å². The number of hydrogen-bond donors (Lipinski definition) is 1. The highest BCUT2D eigenvalue weighted by molar-refractivity contribution is 5.93. The van der Waals surface area contributed by atoms with Crippen LogP contribution in [0.2, 0.25) is 0 Å². The number of H-pyrrole nitrogens is 1. The molecule has 0 bridgehead atoms. The van der Waals surface area contributed by atoms with E-state index in [1.54, 1.807) is 0 Å². The molecule has 0 fully saturated rings. The van der Waals surface area contributed by atoms with Crippen LogP contribution in [-0.4, -0.2) is 15.8 Å². The Morgan fingerprint density at radius 2 is 2.27 bits per heavy atom. The summed E-state index contributed by atoms with van der Waals surface area (Å²) in [5, 5.41) is 0. The van der Waals surface area contributed by atoms with E-state index in [0.717, 1.165) is 0 Å². The number of carbonyl (C=O) groups excluding carboxylic acids is 1. The van der Waals surface area contributed by atoms with Crippen LogP contribution in [0.25, 0.3) is 0 Å². The van der Waals surface area contributed by atoms with Crippen molar-refractivity contribution in [2.75, 3.05) is 0 Å². The molecule has 0 saturated heterocycles. The minimum absolute atomic E-state index is 0.104. The number of carbonyl (C=O) groups is 1. The highest BCUT2D eigenvalue weighted by atomic mass is 16.1. The fourth-order valence-electron chi connectivity index (χ4n) is 0.599. The van der Waals surface area contributed by atoms with Gasteiger partial charge in [-0.3, -0.25) is 4.79 Å². The lowest BCUT2D eigenvalue weighted by Crippen LogP contribution is -1.95. The summed E-state index contributed by atoms with van der Waals surface area (Å²) >= 11 is 0. The maximum Gasteiger partial charge on any atom is 0.180 e. The normalized spacial score (nSPS) is 8.27. The van der Waals surface area contributed by atoms with Gasteiger partial charge in [-0.05, 0) is 0 Å². The number of imidazole rings is 1. The van der Waals surface area contributed by atoms with Crippen LogP contribution in [0.4, 0.5) is 0 Å². The number of Topliss-reactive ketones (excluding diaryl/α,β-unsaturated/α-hetero) is 1. The Morgan fingerprint density at radius 1 is 1.64 bits per heavy atom. The van der Waals surface area contributed by atoms with Gasteiger partial charge in [0.05, 0.1) is 12.5 Å². The Balaban J connectivity index is 0.000000461. The molecule has 0 amide bonds. The zero-order chi connectivity index (χ0) is 8.69. The minimum atomic E-state index is 0.104. The van der Waals surface area contributed by atoms with Gasteiger partial charge in [0.25, 0.3) is 0 Å². The van der Waals surface area contributed by atoms with E-state index < -0.39 is 0 Å². The third kappa shape index (κ3) is 2.98. The molecule has 3 nitrogen and oxygen atoms in total. The van der Waals surface area contributed by atoms with Gasteiger partial charge in [-0.2, -0.15) is 0 Å². The maximum atomic E-state index is 10.8. The third-order valence-corrected chi connectivity index (χ3v) is 1.12. The van der Waals surface area contributed by atoms with Gasteiger partial charge in [0, 0.05) is 6.42 Å². The zero-order valence-corrected chi connectivity index (χ0v) is 7.22. The number of aromatic amines is 1. The summed E-state index contributed by atoms with van der Waals surface area (Å²) in [6.45, 7) is 5.82. The fraction of sp³-hybridized carbons (Fsp3) is 0.500. The molecule has 11 heavy (non-hydrogen) atoms. The van der Waals surface area contributed by atoms with Gasteiger partial charge in [0.15, 0.2) is 5.78 Å². The number of ketones is 1.